The molecule has 1 aromatic heterocycles. The van der Waals surface area contributed by atoms with E-state index < -0.39 is 0 Å². The maximum absolute atomic E-state index is 4.47. The molecular formula is C20H21N5. The zero-order chi connectivity index (χ0) is 17.5. The van der Waals surface area contributed by atoms with Crippen LogP contribution in [0.4, 0.5) is 11.8 Å². The molecule has 0 saturated heterocycles. The van der Waals surface area contributed by atoms with Gasteiger partial charge in [0.15, 0.2) is 5.82 Å². The van der Waals surface area contributed by atoms with Crippen molar-refractivity contribution in [1.29, 1.82) is 0 Å². The molecule has 0 spiro atoms. The lowest BCUT2D eigenvalue weighted by molar-refractivity contribution is 1.02. The van der Waals surface area contributed by atoms with Gasteiger partial charge in [-0.1, -0.05) is 60.7 Å². The van der Waals surface area contributed by atoms with E-state index in [1.54, 1.807) is 0 Å². The van der Waals surface area contributed by atoms with Gasteiger partial charge in [0.05, 0.1) is 5.71 Å². The molecule has 5 nitrogen and oxygen atoms in total. The summed E-state index contributed by atoms with van der Waals surface area (Å²) in [5.74, 6) is 1.25. The van der Waals surface area contributed by atoms with Crippen molar-refractivity contribution in [3.8, 4) is 0 Å². The molecule has 25 heavy (non-hydrogen) atoms. The van der Waals surface area contributed by atoms with E-state index in [1.165, 1.54) is 5.56 Å². The number of rotatable bonds is 6. The molecule has 3 aromatic rings. The molecule has 3 rings (SSSR count). The topological polar surface area (TPSA) is 62.2 Å². The third-order valence-electron chi connectivity index (χ3n) is 3.68. The first-order valence-corrected chi connectivity index (χ1v) is 8.20. The molecule has 0 aliphatic carbocycles. The fraction of sp³-hybridized carbons (Fsp3) is 0.150. The molecule has 0 radical (unpaired) electrons. The molecule has 0 aliphatic heterocycles. The Labute approximate surface area is 147 Å². The maximum Gasteiger partial charge on any atom is 0.225 e. The number of anilines is 2. The summed E-state index contributed by atoms with van der Waals surface area (Å²) in [6.45, 7) is 4.58. The van der Waals surface area contributed by atoms with Gasteiger partial charge in [-0.05, 0) is 25.0 Å². The van der Waals surface area contributed by atoms with Crippen molar-refractivity contribution in [3.05, 3.63) is 83.6 Å². The Morgan fingerprint density at radius 3 is 2.36 bits per heavy atom. The van der Waals surface area contributed by atoms with Crippen molar-refractivity contribution in [2.45, 2.75) is 20.4 Å². The average molecular weight is 331 g/mol. The summed E-state index contributed by atoms with van der Waals surface area (Å²) >= 11 is 0. The monoisotopic (exact) mass is 331 g/mol. The summed E-state index contributed by atoms with van der Waals surface area (Å²) in [6, 6.07) is 22.1. The number of hydrogen-bond acceptors (Lipinski definition) is 5. The Balaban J connectivity index is 1.69. The lowest BCUT2D eigenvalue weighted by Gasteiger charge is -2.08. The fourth-order valence-corrected chi connectivity index (χ4v) is 2.37. The molecule has 0 fully saturated rings. The normalized spacial score (nSPS) is 11.2. The summed E-state index contributed by atoms with van der Waals surface area (Å²) in [6.07, 6.45) is 0. The minimum atomic E-state index is 0.582. The summed E-state index contributed by atoms with van der Waals surface area (Å²) in [5.41, 5.74) is 7.05. The van der Waals surface area contributed by atoms with Crippen LogP contribution >= 0.6 is 0 Å². The Morgan fingerprint density at radius 2 is 1.64 bits per heavy atom. The minimum Gasteiger partial charge on any atom is -0.350 e. The molecule has 2 aromatic carbocycles. The molecule has 0 atom stereocenters. The average Bonchev–Trinajstić information content (AvgIpc) is 2.66. The predicted octanol–water partition coefficient (Wildman–Crippen LogP) is 4.23. The number of nitrogens with zero attached hydrogens (tertiary/aromatic N) is 3. The molecule has 0 aliphatic rings. The molecular weight excluding hydrogens is 310 g/mol. The van der Waals surface area contributed by atoms with E-state index in [9.17, 15) is 0 Å². The first kappa shape index (κ1) is 16.6. The molecule has 0 unspecified atom stereocenters. The van der Waals surface area contributed by atoms with Crippen LogP contribution in [0.15, 0.2) is 71.8 Å². The van der Waals surface area contributed by atoms with Gasteiger partial charge in [0.2, 0.25) is 5.95 Å². The van der Waals surface area contributed by atoms with E-state index in [0.29, 0.717) is 18.3 Å². The van der Waals surface area contributed by atoms with Crippen LogP contribution in [0.3, 0.4) is 0 Å². The van der Waals surface area contributed by atoms with Crippen molar-refractivity contribution in [3.63, 3.8) is 0 Å². The van der Waals surface area contributed by atoms with Crippen LogP contribution in [0.1, 0.15) is 23.7 Å². The molecule has 2 N–H and O–H groups in total. The van der Waals surface area contributed by atoms with E-state index in [1.807, 2.05) is 68.4 Å². The zero-order valence-electron chi connectivity index (χ0n) is 14.4. The van der Waals surface area contributed by atoms with Crippen LogP contribution in [-0.2, 0) is 6.54 Å². The lowest BCUT2D eigenvalue weighted by atomic mass is 10.1. The first-order chi connectivity index (χ1) is 12.2. The summed E-state index contributed by atoms with van der Waals surface area (Å²) in [4.78, 5) is 8.90. The number of nitrogens with one attached hydrogen (secondary N) is 2. The second-order valence-corrected chi connectivity index (χ2v) is 5.73. The van der Waals surface area contributed by atoms with Crippen LogP contribution < -0.4 is 10.7 Å². The SMILES string of the molecule is CC(=NNc1cc(C)nc(NCc2ccccc2)n1)c1ccccc1. The molecule has 0 amide bonds. The number of benzene rings is 2. The third-order valence-corrected chi connectivity index (χ3v) is 3.68. The van der Waals surface area contributed by atoms with E-state index in [2.05, 4.69) is 37.9 Å². The number of aryl methyl sites for hydroxylation is 1. The Kier molecular flexibility index (Phi) is 5.36. The van der Waals surface area contributed by atoms with Crippen molar-refractivity contribution < 1.29 is 0 Å². The van der Waals surface area contributed by atoms with Crippen LogP contribution in [0.25, 0.3) is 0 Å². The van der Waals surface area contributed by atoms with Crippen LogP contribution in [0, 0.1) is 6.92 Å². The van der Waals surface area contributed by atoms with Gasteiger partial charge in [-0.3, -0.25) is 5.43 Å². The molecule has 0 saturated carbocycles. The van der Waals surface area contributed by atoms with Gasteiger partial charge in [-0.2, -0.15) is 10.1 Å². The standard InChI is InChI=1S/C20H21N5/c1-15-13-19(25-24-16(2)18-11-7-4-8-12-18)23-20(22-15)21-14-17-9-5-3-6-10-17/h3-13H,14H2,1-2H3,(H2,21,22,23,25). The first-order valence-electron chi connectivity index (χ1n) is 8.20. The van der Waals surface area contributed by atoms with Crippen molar-refractivity contribution in [2.75, 3.05) is 10.7 Å². The van der Waals surface area contributed by atoms with Gasteiger partial charge in [0, 0.05) is 18.3 Å². The second-order valence-electron chi connectivity index (χ2n) is 5.73. The van der Waals surface area contributed by atoms with Crippen LogP contribution in [0.2, 0.25) is 0 Å². The largest absolute Gasteiger partial charge is 0.350 e. The molecule has 1 heterocycles. The highest BCUT2D eigenvalue weighted by atomic mass is 15.3. The predicted molar refractivity (Wildman–Crippen MR) is 103 cm³/mol. The summed E-state index contributed by atoms with van der Waals surface area (Å²) in [7, 11) is 0. The summed E-state index contributed by atoms with van der Waals surface area (Å²) < 4.78 is 0. The second kappa shape index (κ2) is 8.06. The van der Waals surface area contributed by atoms with Gasteiger partial charge in [-0.25, -0.2) is 4.98 Å². The van der Waals surface area contributed by atoms with E-state index in [0.717, 1.165) is 17.0 Å². The lowest BCUT2D eigenvalue weighted by Crippen LogP contribution is -2.07. The number of aromatic nitrogens is 2. The fourth-order valence-electron chi connectivity index (χ4n) is 2.37. The molecule has 5 heteroatoms. The van der Waals surface area contributed by atoms with Gasteiger partial charge in [0.1, 0.15) is 0 Å². The van der Waals surface area contributed by atoms with E-state index >= 15 is 0 Å². The van der Waals surface area contributed by atoms with Gasteiger partial charge in [-0.15, -0.1) is 0 Å². The number of hydrogen-bond donors (Lipinski definition) is 2. The summed E-state index contributed by atoms with van der Waals surface area (Å²) in [5, 5.41) is 7.66. The van der Waals surface area contributed by atoms with Gasteiger partial charge >= 0.3 is 0 Å². The Bertz CT molecular complexity index is 844. The Morgan fingerprint density at radius 1 is 0.960 bits per heavy atom. The molecule has 0 bridgehead atoms. The third kappa shape index (κ3) is 4.88. The van der Waals surface area contributed by atoms with Crippen molar-refractivity contribution in [2.24, 2.45) is 5.10 Å². The Hall–Kier alpha value is -3.21. The smallest absolute Gasteiger partial charge is 0.225 e. The van der Waals surface area contributed by atoms with E-state index in [4.69, 9.17) is 0 Å². The highest BCUT2D eigenvalue weighted by molar-refractivity contribution is 5.98. The van der Waals surface area contributed by atoms with Gasteiger partial charge < -0.3 is 5.32 Å². The minimum absolute atomic E-state index is 0.582. The zero-order valence-corrected chi connectivity index (χ0v) is 14.4. The molecule has 126 valence electrons. The van der Waals surface area contributed by atoms with Crippen LogP contribution in [0.5, 0.6) is 0 Å². The van der Waals surface area contributed by atoms with Crippen molar-refractivity contribution in [1.82, 2.24) is 9.97 Å². The van der Waals surface area contributed by atoms with Gasteiger partial charge in [0.25, 0.3) is 0 Å². The number of hydrazone groups is 1. The van der Waals surface area contributed by atoms with Crippen molar-refractivity contribution >= 4 is 17.5 Å². The quantitative estimate of drug-likeness (QED) is 0.524. The van der Waals surface area contributed by atoms with E-state index in [-0.39, 0.29) is 0 Å². The highest BCUT2D eigenvalue weighted by Crippen LogP contribution is 2.11. The highest BCUT2D eigenvalue weighted by Gasteiger charge is 2.03. The van der Waals surface area contributed by atoms with Crippen LogP contribution in [-0.4, -0.2) is 15.7 Å². The maximum atomic E-state index is 4.47.